The van der Waals surface area contributed by atoms with Gasteiger partial charge < -0.3 is 9.64 Å². The number of hydrogen-bond donors (Lipinski definition) is 0. The van der Waals surface area contributed by atoms with Crippen LogP contribution in [0.15, 0.2) is 29.2 Å². The molecule has 0 unspecified atom stereocenters. The lowest BCUT2D eigenvalue weighted by Crippen LogP contribution is -2.40. The van der Waals surface area contributed by atoms with Crippen molar-refractivity contribution < 1.29 is 14.3 Å². The molecule has 0 aromatic heterocycles. The number of piperidine rings is 1. The third kappa shape index (κ3) is 5.74. The molecule has 0 spiro atoms. The molecule has 23 heavy (non-hydrogen) atoms. The van der Waals surface area contributed by atoms with E-state index in [4.69, 9.17) is 16.3 Å². The van der Waals surface area contributed by atoms with Crippen molar-refractivity contribution in [2.24, 2.45) is 5.92 Å². The largest absolute Gasteiger partial charge is 0.466 e. The topological polar surface area (TPSA) is 46.6 Å². The number of likely N-dealkylation sites (tertiary alicyclic amines) is 1. The van der Waals surface area contributed by atoms with E-state index in [-0.39, 0.29) is 17.8 Å². The van der Waals surface area contributed by atoms with Gasteiger partial charge in [0.25, 0.3) is 0 Å². The second-order valence-electron chi connectivity index (χ2n) is 5.46. The fraction of sp³-hybridized carbons (Fsp3) is 0.529. The van der Waals surface area contributed by atoms with Crippen LogP contribution in [0.25, 0.3) is 0 Å². The summed E-state index contributed by atoms with van der Waals surface area (Å²) in [4.78, 5) is 26.9. The smallest absolute Gasteiger partial charge is 0.309 e. The normalized spacial score (nSPS) is 15.5. The quantitative estimate of drug-likeness (QED) is 0.577. The van der Waals surface area contributed by atoms with Crippen LogP contribution in [0.3, 0.4) is 0 Å². The number of rotatable bonds is 6. The number of esters is 1. The van der Waals surface area contributed by atoms with E-state index in [0.717, 1.165) is 15.7 Å². The number of carbonyl (C=O) groups excluding carboxylic acids is 2. The van der Waals surface area contributed by atoms with E-state index in [9.17, 15) is 9.59 Å². The third-order valence-electron chi connectivity index (χ3n) is 3.87. The fourth-order valence-corrected chi connectivity index (χ4v) is 3.54. The van der Waals surface area contributed by atoms with Crippen LogP contribution in [0, 0.1) is 5.92 Å². The van der Waals surface area contributed by atoms with Crippen molar-refractivity contribution in [1.82, 2.24) is 4.90 Å². The molecule has 6 heteroatoms. The van der Waals surface area contributed by atoms with Gasteiger partial charge in [-0.15, -0.1) is 11.8 Å². The Morgan fingerprint density at radius 3 is 2.52 bits per heavy atom. The minimum absolute atomic E-state index is 0.0533. The Hall–Kier alpha value is -1.20. The molecule has 126 valence electrons. The molecule has 1 saturated heterocycles. The number of carbonyl (C=O) groups is 2. The van der Waals surface area contributed by atoms with Gasteiger partial charge in [-0.2, -0.15) is 0 Å². The molecule has 1 aliphatic rings. The Balaban J connectivity index is 1.68. The van der Waals surface area contributed by atoms with E-state index >= 15 is 0 Å². The molecular formula is C17H22ClNO3S. The number of benzene rings is 1. The van der Waals surface area contributed by atoms with Gasteiger partial charge in [-0.25, -0.2) is 0 Å². The maximum absolute atomic E-state index is 12.2. The zero-order valence-corrected chi connectivity index (χ0v) is 14.9. The van der Waals surface area contributed by atoms with Gasteiger partial charge >= 0.3 is 5.97 Å². The first-order chi connectivity index (χ1) is 11.1. The second-order valence-corrected chi connectivity index (χ2v) is 7.06. The molecule has 0 saturated carbocycles. The Morgan fingerprint density at radius 2 is 1.91 bits per heavy atom. The van der Waals surface area contributed by atoms with Crippen LogP contribution in [0.5, 0.6) is 0 Å². The first-order valence-corrected chi connectivity index (χ1v) is 9.29. The first-order valence-electron chi connectivity index (χ1n) is 7.93. The maximum atomic E-state index is 12.2. The van der Waals surface area contributed by atoms with E-state index in [0.29, 0.717) is 39.0 Å². The van der Waals surface area contributed by atoms with Crippen molar-refractivity contribution >= 4 is 35.2 Å². The van der Waals surface area contributed by atoms with Crippen LogP contribution < -0.4 is 0 Å². The van der Waals surface area contributed by atoms with Gasteiger partial charge in [0.05, 0.1) is 12.5 Å². The summed E-state index contributed by atoms with van der Waals surface area (Å²) in [6, 6.07) is 7.63. The summed E-state index contributed by atoms with van der Waals surface area (Å²) in [5, 5.41) is 0.717. The summed E-state index contributed by atoms with van der Waals surface area (Å²) in [7, 11) is 0. The van der Waals surface area contributed by atoms with Gasteiger partial charge in [0.1, 0.15) is 0 Å². The summed E-state index contributed by atoms with van der Waals surface area (Å²) >= 11 is 7.50. The lowest BCUT2D eigenvalue weighted by Gasteiger charge is -2.30. The molecule has 0 N–H and O–H groups in total. The van der Waals surface area contributed by atoms with Gasteiger partial charge in [-0.3, -0.25) is 9.59 Å². The monoisotopic (exact) mass is 355 g/mol. The van der Waals surface area contributed by atoms with Crippen LogP contribution in [0.4, 0.5) is 0 Å². The highest BCUT2D eigenvalue weighted by atomic mass is 35.5. The molecule has 0 aliphatic carbocycles. The maximum Gasteiger partial charge on any atom is 0.309 e. The molecule has 0 bridgehead atoms. The van der Waals surface area contributed by atoms with Gasteiger partial charge in [-0.05, 0) is 44.0 Å². The van der Waals surface area contributed by atoms with E-state index in [2.05, 4.69) is 0 Å². The Morgan fingerprint density at radius 1 is 1.26 bits per heavy atom. The minimum Gasteiger partial charge on any atom is -0.466 e. The number of halogens is 1. The molecule has 1 fully saturated rings. The van der Waals surface area contributed by atoms with Gasteiger partial charge in [0.15, 0.2) is 0 Å². The molecule has 0 atom stereocenters. The van der Waals surface area contributed by atoms with Crippen molar-refractivity contribution in [2.45, 2.75) is 31.1 Å². The molecule has 1 amide bonds. The Kier molecular flexibility index (Phi) is 7.24. The first kappa shape index (κ1) is 18.1. The van der Waals surface area contributed by atoms with Crippen molar-refractivity contribution in [3.63, 3.8) is 0 Å². The lowest BCUT2D eigenvalue weighted by atomic mass is 9.97. The highest BCUT2D eigenvalue weighted by molar-refractivity contribution is 7.99. The molecule has 2 rings (SSSR count). The van der Waals surface area contributed by atoms with E-state index < -0.39 is 0 Å². The van der Waals surface area contributed by atoms with Gasteiger partial charge in [0.2, 0.25) is 5.91 Å². The summed E-state index contributed by atoms with van der Waals surface area (Å²) < 4.78 is 5.04. The van der Waals surface area contributed by atoms with E-state index in [1.165, 1.54) is 0 Å². The number of nitrogens with zero attached hydrogens (tertiary/aromatic N) is 1. The molecule has 4 nitrogen and oxygen atoms in total. The van der Waals surface area contributed by atoms with Gasteiger partial charge in [0, 0.05) is 35.2 Å². The predicted molar refractivity (Wildman–Crippen MR) is 92.7 cm³/mol. The Bertz CT molecular complexity index is 527. The van der Waals surface area contributed by atoms with Crippen LogP contribution in [-0.2, 0) is 14.3 Å². The van der Waals surface area contributed by atoms with Crippen LogP contribution in [0.1, 0.15) is 26.2 Å². The molecule has 0 radical (unpaired) electrons. The summed E-state index contributed by atoms with van der Waals surface area (Å²) in [6.07, 6.45) is 1.92. The SMILES string of the molecule is CCOC(=O)C1CCN(C(=O)CCSc2ccc(Cl)cc2)CC1. The summed E-state index contributed by atoms with van der Waals surface area (Å²) in [5.41, 5.74) is 0. The van der Waals surface area contributed by atoms with Gasteiger partial charge in [-0.1, -0.05) is 11.6 Å². The number of thioether (sulfide) groups is 1. The van der Waals surface area contributed by atoms with Crippen LogP contribution >= 0.6 is 23.4 Å². The highest BCUT2D eigenvalue weighted by Gasteiger charge is 2.27. The summed E-state index contributed by atoms with van der Waals surface area (Å²) in [6.45, 7) is 3.52. The number of amides is 1. The predicted octanol–water partition coefficient (Wildman–Crippen LogP) is 3.62. The highest BCUT2D eigenvalue weighted by Crippen LogP contribution is 2.23. The van der Waals surface area contributed by atoms with E-state index in [1.807, 2.05) is 36.1 Å². The van der Waals surface area contributed by atoms with Crippen molar-refractivity contribution in [3.8, 4) is 0 Å². The minimum atomic E-state index is -0.127. The molecule has 1 aromatic rings. The van der Waals surface area contributed by atoms with Crippen LogP contribution in [0.2, 0.25) is 5.02 Å². The standard InChI is InChI=1S/C17H22ClNO3S/c1-2-22-17(21)13-7-10-19(11-8-13)16(20)9-12-23-15-5-3-14(18)4-6-15/h3-6,13H,2,7-12H2,1H3. The number of hydrogen-bond acceptors (Lipinski definition) is 4. The average molecular weight is 356 g/mol. The van der Waals surface area contributed by atoms with E-state index in [1.54, 1.807) is 11.8 Å². The second kappa shape index (κ2) is 9.18. The number of ether oxygens (including phenoxy) is 1. The zero-order chi connectivity index (χ0) is 16.7. The molecule has 1 heterocycles. The molecule has 1 aliphatic heterocycles. The lowest BCUT2D eigenvalue weighted by molar-refractivity contribution is -0.151. The zero-order valence-electron chi connectivity index (χ0n) is 13.3. The van der Waals surface area contributed by atoms with Crippen LogP contribution in [-0.4, -0.2) is 42.2 Å². The summed E-state index contributed by atoms with van der Waals surface area (Å²) in [5.74, 6) is 0.729. The molecule has 1 aromatic carbocycles. The van der Waals surface area contributed by atoms with Crippen molar-refractivity contribution in [3.05, 3.63) is 29.3 Å². The van der Waals surface area contributed by atoms with Crippen molar-refractivity contribution in [1.29, 1.82) is 0 Å². The Labute approximate surface area is 146 Å². The average Bonchev–Trinajstić information content (AvgIpc) is 2.57. The fourth-order valence-electron chi connectivity index (χ4n) is 2.57. The molecular weight excluding hydrogens is 334 g/mol. The van der Waals surface area contributed by atoms with Crippen molar-refractivity contribution in [2.75, 3.05) is 25.4 Å². The third-order valence-corrected chi connectivity index (χ3v) is 5.13.